The van der Waals surface area contributed by atoms with Gasteiger partial charge in [0.2, 0.25) is 0 Å². The van der Waals surface area contributed by atoms with Crippen molar-refractivity contribution < 1.29 is 14.3 Å². The molecule has 0 saturated carbocycles. The molecular weight excluding hydrogens is 176 g/mol. The molecule has 12 heavy (non-hydrogen) atoms. The minimum Gasteiger partial charge on any atom is -0.457 e. The first kappa shape index (κ1) is 9.35. The zero-order valence-electron chi connectivity index (χ0n) is 6.53. The Bertz CT molecular complexity index is 244. The Kier molecular flexibility index (Phi) is 3.90. The molecule has 0 amide bonds. The number of carbonyl (C=O) groups excluding carboxylic acids is 1. The van der Waals surface area contributed by atoms with Crippen molar-refractivity contribution in [1.29, 1.82) is 0 Å². The molecule has 0 atom stereocenters. The van der Waals surface area contributed by atoms with Crippen LogP contribution in [0.4, 0.5) is 0 Å². The lowest BCUT2D eigenvalue weighted by molar-refractivity contribution is 0.109. The molecule has 0 aliphatic heterocycles. The maximum absolute atomic E-state index is 10.2. The Hall–Kier alpha value is -0.740. The number of aliphatic hydroxyl groups excluding tert-OH is 1. The molecule has 3 nitrogen and oxygen atoms in total. The normalized spacial score (nSPS) is 10.1. The molecule has 0 aliphatic rings. The highest BCUT2D eigenvalue weighted by Gasteiger charge is 1.99. The zero-order valence-corrected chi connectivity index (χ0v) is 7.34. The molecule has 1 rings (SSSR count). The lowest BCUT2D eigenvalue weighted by Crippen LogP contribution is -1.86. The van der Waals surface area contributed by atoms with Gasteiger partial charge in [0.15, 0.2) is 12.0 Å². The van der Waals surface area contributed by atoms with Crippen molar-refractivity contribution in [2.75, 3.05) is 12.4 Å². The molecule has 0 aliphatic carbocycles. The van der Waals surface area contributed by atoms with E-state index in [0.29, 0.717) is 23.6 Å². The standard InChI is InChI=1S/C8H10O3S/c9-3-4-12-6-8-2-1-7(5-10)11-8/h1-2,5,9H,3-4,6H2. The minimum absolute atomic E-state index is 0.173. The Labute approximate surface area is 74.8 Å². The van der Waals surface area contributed by atoms with Crippen LogP contribution in [0.25, 0.3) is 0 Å². The molecule has 0 saturated heterocycles. The van der Waals surface area contributed by atoms with Gasteiger partial charge in [-0.25, -0.2) is 0 Å². The summed E-state index contributed by atoms with van der Waals surface area (Å²) in [7, 11) is 0. The zero-order chi connectivity index (χ0) is 8.81. The maximum atomic E-state index is 10.2. The summed E-state index contributed by atoms with van der Waals surface area (Å²) in [5, 5.41) is 8.49. The van der Waals surface area contributed by atoms with Gasteiger partial charge < -0.3 is 9.52 Å². The first-order valence-electron chi connectivity index (χ1n) is 3.59. The van der Waals surface area contributed by atoms with Crippen LogP contribution in [0.2, 0.25) is 0 Å². The fourth-order valence-electron chi connectivity index (χ4n) is 0.773. The highest BCUT2D eigenvalue weighted by molar-refractivity contribution is 7.98. The van der Waals surface area contributed by atoms with Crippen LogP contribution in [0.5, 0.6) is 0 Å². The van der Waals surface area contributed by atoms with Crippen molar-refractivity contribution in [3.63, 3.8) is 0 Å². The molecule has 4 heteroatoms. The van der Waals surface area contributed by atoms with Gasteiger partial charge in [0.05, 0.1) is 12.4 Å². The van der Waals surface area contributed by atoms with Gasteiger partial charge in [0, 0.05) is 5.75 Å². The van der Waals surface area contributed by atoms with Crippen molar-refractivity contribution in [2.24, 2.45) is 0 Å². The van der Waals surface area contributed by atoms with Crippen molar-refractivity contribution >= 4 is 18.0 Å². The van der Waals surface area contributed by atoms with Gasteiger partial charge in [-0.2, -0.15) is 11.8 Å². The van der Waals surface area contributed by atoms with Crippen LogP contribution in [-0.2, 0) is 5.75 Å². The molecule has 0 unspecified atom stereocenters. The lowest BCUT2D eigenvalue weighted by atomic mass is 10.4. The van der Waals surface area contributed by atoms with Crippen LogP contribution >= 0.6 is 11.8 Å². The summed E-state index contributed by atoms with van der Waals surface area (Å²) >= 11 is 1.57. The monoisotopic (exact) mass is 186 g/mol. The first-order valence-corrected chi connectivity index (χ1v) is 4.75. The van der Waals surface area contributed by atoms with E-state index < -0.39 is 0 Å². The van der Waals surface area contributed by atoms with E-state index in [1.807, 2.05) is 0 Å². The van der Waals surface area contributed by atoms with Crippen LogP contribution < -0.4 is 0 Å². The molecule has 1 heterocycles. The van der Waals surface area contributed by atoms with Crippen molar-refractivity contribution in [3.05, 3.63) is 23.7 Å². The van der Waals surface area contributed by atoms with Gasteiger partial charge >= 0.3 is 0 Å². The number of hydrogen-bond acceptors (Lipinski definition) is 4. The molecule has 1 N–H and O–H groups in total. The minimum atomic E-state index is 0.173. The van der Waals surface area contributed by atoms with Crippen LogP contribution in [0.15, 0.2) is 16.5 Å². The molecule has 0 radical (unpaired) electrons. The van der Waals surface area contributed by atoms with Gasteiger partial charge in [0.25, 0.3) is 0 Å². The SMILES string of the molecule is O=Cc1ccc(CSCCO)o1. The molecule has 0 bridgehead atoms. The third kappa shape index (κ3) is 2.71. The fraction of sp³-hybridized carbons (Fsp3) is 0.375. The summed E-state index contributed by atoms with van der Waals surface area (Å²) in [4.78, 5) is 10.2. The van der Waals surface area contributed by atoms with E-state index in [-0.39, 0.29) is 6.61 Å². The van der Waals surface area contributed by atoms with Crippen LogP contribution in [-0.4, -0.2) is 23.8 Å². The molecule has 0 aromatic carbocycles. The molecular formula is C8H10O3S. The highest BCUT2D eigenvalue weighted by atomic mass is 32.2. The van der Waals surface area contributed by atoms with Crippen LogP contribution in [0.3, 0.4) is 0 Å². The Morgan fingerprint density at radius 3 is 3.00 bits per heavy atom. The average Bonchev–Trinajstić information content (AvgIpc) is 2.53. The van der Waals surface area contributed by atoms with E-state index in [2.05, 4.69) is 0 Å². The van der Waals surface area contributed by atoms with E-state index in [1.54, 1.807) is 23.9 Å². The molecule has 0 spiro atoms. The van der Waals surface area contributed by atoms with E-state index in [9.17, 15) is 4.79 Å². The van der Waals surface area contributed by atoms with Crippen molar-refractivity contribution in [3.8, 4) is 0 Å². The lowest BCUT2D eigenvalue weighted by Gasteiger charge is -1.93. The maximum Gasteiger partial charge on any atom is 0.185 e. The second-order valence-corrected chi connectivity index (χ2v) is 3.30. The van der Waals surface area contributed by atoms with Crippen LogP contribution in [0.1, 0.15) is 16.3 Å². The predicted molar refractivity (Wildman–Crippen MR) is 47.3 cm³/mol. The van der Waals surface area contributed by atoms with Gasteiger partial charge in [-0.15, -0.1) is 0 Å². The number of hydrogen-bond donors (Lipinski definition) is 1. The summed E-state index contributed by atoms with van der Waals surface area (Å²) in [5.41, 5.74) is 0. The summed E-state index contributed by atoms with van der Waals surface area (Å²) < 4.78 is 5.11. The largest absolute Gasteiger partial charge is 0.457 e. The third-order valence-corrected chi connectivity index (χ3v) is 2.24. The number of aliphatic hydroxyl groups is 1. The number of aldehydes is 1. The van der Waals surface area contributed by atoms with Crippen LogP contribution in [0, 0.1) is 0 Å². The predicted octanol–water partition coefficient (Wildman–Crippen LogP) is 1.32. The topological polar surface area (TPSA) is 50.4 Å². The Balaban J connectivity index is 2.36. The number of carbonyl (C=O) groups is 1. The number of thioether (sulfide) groups is 1. The molecule has 66 valence electrons. The second kappa shape index (κ2) is 5.00. The second-order valence-electron chi connectivity index (χ2n) is 2.20. The molecule has 1 aromatic rings. The van der Waals surface area contributed by atoms with E-state index in [0.717, 1.165) is 5.76 Å². The average molecular weight is 186 g/mol. The first-order chi connectivity index (χ1) is 5.86. The van der Waals surface area contributed by atoms with Crippen molar-refractivity contribution in [1.82, 2.24) is 0 Å². The van der Waals surface area contributed by atoms with E-state index in [1.165, 1.54) is 0 Å². The van der Waals surface area contributed by atoms with Gasteiger partial charge in [-0.1, -0.05) is 0 Å². The number of furan rings is 1. The van der Waals surface area contributed by atoms with E-state index >= 15 is 0 Å². The van der Waals surface area contributed by atoms with Gasteiger partial charge in [-0.3, -0.25) is 4.79 Å². The number of rotatable bonds is 5. The summed E-state index contributed by atoms with van der Waals surface area (Å²) in [6, 6.07) is 3.41. The fourth-order valence-corrected chi connectivity index (χ4v) is 1.40. The van der Waals surface area contributed by atoms with E-state index in [4.69, 9.17) is 9.52 Å². The highest BCUT2D eigenvalue weighted by Crippen LogP contribution is 2.13. The Morgan fingerprint density at radius 2 is 2.42 bits per heavy atom. The molecule has 1 aromatic heterocycles. The van der Waals surface area contributed by atoms with Crippen molar-refractivity contribution in [2.45, 2.75) is 5.75 Å². The summed E-state index contributed by atoms with van der Waals surface area (Å²) in [5.74, 6) is 2.52. The van der Waals surface area contributed by atoms with Gasteiger partial charge in [0.1, 0.15) is 5.76 Å². The third-order valence-electron chi connectivity index (χ3n) is 1.28. The molecule has 0 fully saturated rings. The summed E-state index contributed by atoms with van der Waals surface area (Å²) in [6.07, 6.45) is 0.681. The smallest absolute Gasteiger partial charge is 0.185 e. The summed E-state index contributed by atoms with van der Waals surface area (Å²) in [6.45, 7) is 0.173. The Morgan fingerprint density at radius 1 is 1.58 bits per heavy atom. The quantitative estimate of drug-likeness (QED) is 0.556. The van der Waals surface area contributed by atoms with Gasteiger partial charge in [-0.05, 0) is 12.1 Å².